The number of anilines is 1. The van der Waals surface area contributed by atoms with Crippen LogP contribution in [0.15, 0.2) is 48.9 Å². The second-order valence-corrected chi connectivity index (χ2v) is 8.89. The molecule has 1 aromatic carbocycles. The van der Waals surface area contributed by atoms with E-state index in [2.05, 4.69) is 43.0 Å². The summed E-state index contributed by atoms with van der Waals surface area (Å²) in [6.07, 6.45) is 7.89. The summed E-state index contributed by atoms with van der Waals surface area (Å²) in [5.41, 5.74) is 5.28. The highest BCUT2D eigenvalue weighted by molar-refractivity contribution is 6.15. The van der Waals surface area contributed by atoms with Crippen LogP contribution >= 0.6 is 0 Å². The average molecular weight is 444 g/mol. The number of benzene rings is 1. The number of fused-ring (bicyclic) bond motifs is 3. The minimum atomic E-state index is 0.639. The van der Waals surface area contributed by atoms with E-state index < -0.39 is 0 Å². The molecule has 33 heavy (non-hydrogen) atoms. The van der Waals surface area contributed by atoms with Crippen LogP contribution in [0.3, 0.4) is 0 Å². The molecule has 170 valence electrons. The quantitative estimate of drug-likeness (QED) is 0.513. The largest absolute Gasteiger partial charge is 0.495 e. The van der Waals surface area contributed by atoms with Gasteiger partial charge in [0.2, 0.25) is 0 Å². The van der Waals surface area contributed by atoms with Crippen LogP contribution in [-0.4, -0.2) is 72.4 Å². The minimum absolute atomic E-state index is 0.639. The number of nitrogens with zero attached hydrogens (tertiary/aromatic N) is 4. The van der Waals surface area contributed by atoms with Crippen molar-refractivity contribution in [2.45, 2.75) is 18.9 Å². The summed E-state index contributed by atoms with van der Waals surface area (Å²) in [5, 5.41) is 2.38. The Morgan fingerprint density at radius 2 is 1.88 bits per heavy atom. The minimum Gasteiger partial charge on any atom is -0.495 e. The van der Waals surface area contributed by atoms with Crippen LogP contribution in [0.2, 0.25) is 0 Å². The van der Waals surface area contributed by atoms with Gasteiger partial charge in [-0.3, -0.25) is 14.9 Å². The average Bonchev–Trinajstić information content (AvgIpc) is 3.27. The van der Waals surface area contributed by atoms with Crippen molar-refractivity contribution < 1.29 is 9.47 Å². The lowest BCUT2D eigenvalue weighted by atomic mass is 10.00. The van der Waals surface area contributed by atoms with Gasteiger partial charge in [0.25, 0.3) is 0 Å². The highest BCUT2D eigenvalue weighted by Gasteiger charge is 2.28. The topological polar surface area (TPSA) is 66.5 Å². The summed E-state index contributed by atoms with van der Waals surface area (Å²) in [4.78, 5) is 17.6. The Bertz CT molecular complexity index is 1260. The fourth-order valence-corrected chi connectivity index (χ4v) is 5.40. The zero-order valence-electron chi connectivity index (χ0n) is 19.0. The SMILES string of the molecule is COc1ccc2[nH]c3cnc(-c4cccnc4)cc3c2c1N1CCC(N2CCOCC2)CC1. The molecule has 0 radical (unpaired) electrons. The molecule has 5 heterocycles. The van der Waals surface area contributed by atoms with Gasteiger partial charge in [0, 0.05) is 66.5 Å². The first-order valence-electron chi connectivity index (χ1n) is 11.8. The van der Waals surface area contributed by atoms with Crippen LogP contribution in [-0.2, 0) is 4.74 Å². The summed E-state index contributed by atoms with van der Waals surface area (Å²) in [6.45, 7) is 5.85. The van der Waals surface area contributed by atoms with Crippen molar-refractivity contribution in [2.75, 3.05) is 51.4 Å². The second-order valence-electron chi connectivity index (χ2n) is 8.89. The number of ether oxygens (including phenoxy) is 2. The maximum absolute atomic E-state index is 5.87. The number of aromatic nitrogens is 3. The molecule has 1 N–H and O–H groups in total. The highest BCUT2D eigenvalue weighted by atomic mass is 16.5. The van der Waals surface area contributed by atoms with Gasteiger partial charge in [0.15, 0.2) is 0 Å². The number of piperidine rings is 1. The van der Waals surface area contributed by atoms with E-state index in [1.54, 1.807) is 13.3 Å². The van der Waals surface area contributed by atoms with E-state index in [-0.39, 0.29) is 0 Å². The maximum atomic E-state index is 5.87. The summed E-state index contributed by atoms with van der Waals surface area (Å²) in [5.74, 6) is 0.924. The monoisotopic (exact) mass is 443 g/mol. The first-order chi connectivity index (χ1) is 16.3. The highest BCUT2D eigenvalue weighted by Crippen LogP contribution is 2.42. The number of nitrogens with one attached hydrogen (secondary N) is 1. The fraction of sp³-hybridized carbons (Fsp3) is 0.385. The van der Waals surface area contributed by atoms with Crippen LogP contribution in [0.4, 0.5) is 5.69 Å². The van der Waals surface area contributed by atoms with Crippen molar-refractivity contribution in [3.8, 4) is 17.0 Å². The molecule has 0 spiro atoms. The number of morpholine rings is 1. The number of methoxy groups -OCH3 is 1. The van der Waals surface area contributed by atoms with Crippen LogP contribution in [0.1, 0.15) is 12.8 Å². The first kappa shape index (κ1) is 20.4. The molecule has 4 aromatic rings. The number of hydrogen-bond donors (Lipinski definition) is 1. The van der Waals surface area contributed by atoms with Crippen molar-refractivity contribution in [3.05, 3.63) is 48.9 Å². The van der Waals surface area contributed by atoms with Gasteiger partial charge in [-0.25, -0.2) is 0 Å². The Kier molecular flexibility index (Phi) is 5.36. The van der Waals surface area contributed by atoms with Crippen molar-refractivity contribution >= 4 is 27.5 Å². The third kappa shape index (κ3) is 3.71. The van der Waals surface area contributed by atoms with Crippen LogP contribution in [0, 0.1) is 0 Å². The van der Waals surface area contributed by atoms with Gasteiger partial charge < -0.3 is 19.4 Å². The van der Waals surface area contributed by atoms with E-state index in [0.717, 1.165) is 80.3 Å². The maximum Gasteiger partial charge on any atom is 0.142 e. The van der Waals surface area contributed by atoms with Crippen LogP contribution in [0.25, 0.3) is 33.1 Å². The predicted molar refractivity (Wildman–Crippen MR) is 131 cm³/mol. The van der Waals surface area contributed by atoms with E-state index in [1.807, 2.05) is 24.5 Å². The molecule has 0 atom stereocenters. The molecular formula is C26H29N5O2. The number of aromatic amines is 1. The molecule has 0 amide bonds. The summed E-state index contributed by atoms with van der Waals surface area (Å²) in [6, 6.07) is 11.0. The van der Waals surface area contributed by atoms with E-state index in [0.29, 0.717) is 6.04 Å². The van der Waals surface area contributed by atoms with Gasteiger partial charge >= 0.3 is 0 Å². The molecule has 2 aliphatic rings. The third-order valence-electron chi connectivity index (χ3n) is 7.10. The second kappa shape index (κ2) is 8.65. The zero-order chi connectivity index (χ0) is 22.2. The lowest BCUT2D eigenvalue weighted by Gasteiger charge is -2.41. The fourth-order valence-electron chi connectivity index (χ4n) is 5.40. The molecule has 3 aromatic heterocycles. The summed E-state index contributed by atoms with van der Waals surface area (Å²) < 4.78 is 11.4. The molecule has 7 heteroatoms. The van der Waals surface area contributed by atoms with E-state index in [9.17, 15) is 0 Å². The van der Waals surface area contributed by atoms with Crippen LogP contribution < -0.4 is 9.64 Å². The zero-order valence-corrected chi connectivity index (χ0v) is 19.0. The molecular weight excluding hydrogens is 414 g/mol. The summed E-state index contributed by atoms with van der Waals surface area (Å²) in [7, 11) is 1.77. The van der Waals surface area contributed by atoms with E-state index in [1.165, 1.54) is 16.5 Å². The Balaban J connectivity index is 1.40. The Hall–Kier alpha value is -3.16. The van der Waals surface area contributed by atoms with Gasteiger partial charge in [-0.05, 0) is 43.2 Å². The molecule has 6 rings (SSSR count). The third-order valence-corrected chi connectivity index (χ3v) is 7.10. The van der Waals surface area contributed by atoms with Crippen LogP contribution in [0.5, 0.6) is 5.75 Å². The number of hydrogen-bond acceptors (Lipinski definition) is 6. The Morgan fingerprint density at radius 1 is 1.03 bits per heavy atom. The van der Waals surface area contributed by atoms with Crippen molar-refractivity contribution in [3.63, 3.8) is 0 Å². The molecule has 0 saturated carbocycles. The van der Waals surface area contributed by atoms with Gasteiger partial charge in [-0.1, -0.05) is 0 Å². The van der Waals surface area contributed by atoms with Crippen molar-refractivity contribution in [1.29, 1.82) is 0 Å². The van der Waals surface area contributed by atoms with Gasteiger partial charge in [-0.15, -0.1) is 0 Å². The molecule has 2 saturated heterocycles. The Labute approximate surface area is 193 Å². The van der Waals surface area contributed by atoms with Gasteiger partial charge in [-0.2, -0.15) is 0 Å². The van der Waals surface area contributed by atoms with Crippen molar-refractivity contribution in [1.82, 2.24) is 19.9 Å². The van der Waals surface area contributed by atoms with Gasteiger partial charge in [0.05, 0.1) is 43.4 Å². The van der Waals surface area contributed by atoms with Gasteiger partial charge in [0.1, 0.15) is 5.75 Å². The predicted octanol–water partition coefficient (Wildman–Crippen LogP) is 4.09. The standard InChI is InChI=1S/C26H29N5O2/c1-32-24-5-4-21-25(20-15-22(28-17-23(20)29-21)18-3-2-8-27-16-18)26(24)31-9-6-19(7-10-31)30-11-13-33-14-12-30/h2-5,8,15-17,19,29H,6-7,9-14H2,1H3. The van der Waals surface area contributed by atoms with E-state index in [4.69, 9.17) is 9.47 Å². The number of rotatable bonds is 4. The molecule has 7 nitrogen and oxygen atoms in total. The molecule has 0 unspecified atom stereocenters. The smallest absolute Gasteiger partial charge is 0.142 e. The molecule has 2 fully saturated rings. The van der Waals surface area contributed by atoms with Crippen molar-refractivity contribution in [2.24, 2.45) is 0 Å². The summed E-state index contributed by atoms with van der Waals surface area (Å²) >= 11 is 0. The Morgan fingerprint density at radius 3 is 2.64 bits per heavy atom. The van der Waals surface area contributed by atoms with E-state index >= 15 is 0 Å². The lowest BCUT2D eigenvalue weighted by molar-refractivity contribution is 0.0115. The molecule has 2 aliphatic heterocycles. The normalized spacial score (nSPS) is 18.3. The first-order valence-corrected chi connectivity index (χ1v) is 11.8. The number of H-pyrrole nitrogens is 1. The molecule has 0 bridgehead atoms. The molecule has 0 aliphatic carbocycles. The lowest BCUT2D eigenvalue weighted by Crippen LogP contribution is -2.49. The number of pyridine rings is 2.